The number of carbonyl (C=O) groups excluding carboxylic acids is 2. The molecule has 180 valence electrons. The molecular weight excluding hydrogens is 456 g/mol. The van der Waals surface area contributed by atoms with E-state index in [1.165, 1.54) is 12.1 Å². The summed E-state index contributed by atoms with van der Waals surface area (Å²) in [5.74, 6) is 1.04. The van der Waals surface area contributed by atoms with Gasteiger partial charge in [0.2, 0.25) is 11.8 Å². The molecule has 4 rings (SSSR count). The van der Waals surface area contributed by atoms with Crippen LogP contribution in [0.2, 0.25) is 0 Å². The molecule has 0 spiro atoms. The van der Waals surface area contributed by atoms with Gasteiger partial charge in [-0.25, -0.2) is 0 Å². The molecule has 2 heterocycles. The zero-order valence-electron chi connectivity index (χ0n) is 19.0. The Balaban J connectivity index is 1.27. The van der Waals surface area contributed by atoms with Gasteiger partial charge in [0.25, 0.3) is 10.0 Å². The van der Waals surface area contributed by atoms with Crippen molar-refractivity contribution in [2.45, 2.75) is 43.4 Å². The second-order valence-electron chi connectivity index (χ2n) is 8.40. The van der Waals surface area contributed by atoms with Crippen LogP contribution in [0.5, 0.6) is 5.75 Å². The third kappa shape index (κ3) is 5.93. The van der Waals surface area contributed by atoms with Crippen molar-refractivity contribution in [1.82, 2.24) is 4.90 Å². The number of anilines is 2. The molecule has 0 atom stereocenters. The number of sulfonamides is 1. The van der Waals surface area contributed by atoms with E-state index in [1.54, 1.807) is 18.2 Å². The van der Waals surface area contributed by atoms with Crippen LogP contribution in [0.4, 0.5) is 11.4 Å². The van der Waals surface area contributed by atoms with E-state index in [1.807, 2.05) is 24.1 Å². The Hall–Kier alpha value is -3.40. The first kappa shape index (κ1) is 23.7. The monoisotopic (exact) mass is 484 g/mol. The summed E-state index contributed by atoms with van der Waals surface area (Å²) in [5, 5.41) is 5.57. The van der Waals surface area contributed by atoms with Gasteiger partial charge in [-0.15, -0.1) is 4.40 Å². The molecule has 1 fully saturated rings. The van der Waals surface area contributed by atoms with E-state index in [0.717, 1.165) is 24.2 Å². The summed E-state index contributed by atoms with van der Waals surface area (Å²) in [4.78, 5) is 25.7. The summed E-state index contributed by atoms with van der Waals surface area (Å²) in [6.07, 6.45) is 3.39. The number of nitrogens with one attached hydrogen (secondary N) is 2. The molecule has 2 N–H and O–H groups in total. The molecule has 2 aliphatic heterocycles. The number of amidine groups is 1. The molecule has 10 heteroatoms. The molecule has 0 aromatic heterocycles. The fourth-order valence-corrected chi connectivity index (χ4v) is 5.07. The normalized spacial score (nSPS) is 16.8. The number of carbonyl (C=O) groups is 2. The van der Waals surface area contributed by atoms with Crippen LogP contribution in [-0.2, 0) is 26.0 Å². The first-order valence-electron chi connectivity index (χ1n) is 11.3. The lowest BCUT2D eigenvalue weighted by Gasteiger charge is -2.17. The SMILES string of the molecule is CN1CCC/C1=N\S(=O)(=O)c1cccc(NC(=O)CCCOc2ccc3c(c2)CCC(=O)N3)c1. The minimum absolute atomic E-state index is 0.0185. The summed E-state index contributed by atoms with van der Waals surface area (Å²) in [6.45, 7) is 1.15. The van der Waals surface area contributed by atoms with E-state index in [-0.39, 0.29) is 23.1 Å². The Morgan fingerprint density at radius 3 is 2.82 bits per heavy atom. The van der Waals surface area contributed by atoms with Gasteiger partial charge in [-0.1, -0.05) is 6.07 Å². The number of benzene rings is 2. The topological polar surface area (TPSA) is 117 Å². The third-order valence-electron chi connectivity index (χ3n) is 5.76. The quantitative estimate of drug-likeness (QED) is 0.556. The highest BCUT2D eigenvalue weighted by atomic mass is 32.2. The Bertz CT molecular complexity index is 1230. The number of ether oxygens (including phenoxy) is 1. The maximum absolute atomic E-state index is 12.7. The Kier molecular flexibility index (Phi) is 7.16. The molecule has 2 amide bonds. The van der Waals surface area contributed by atoms with Crippen molar-refractivity contribution in [2.24, 2.45) is 4.40 Å². The van der Waals surface area contributed by atoms with Gasteiger partial charge in [-0.3, -0.25) is 9.59 Å². The van der Waals surface area contributed by atoms with Crippen LogP contribution in [0, 0.1) is 0 Å². The Morgan fingerprint density at radius 1 is 1.18 bits per heavy atom. The zero-order valence-corrected chi connectivity index (χ0v) is 19.9. The Labute approximate surface area is 199 Å². The van der Waals surface area contributed by atoms with Crippen LogP contribution in [-0.4, -0.2) is 51.2 Å². The molecule has 1 saturated heterocycles. The minimum atomic E-state index is -3.84. The lowest BCUT2D eigenvalue weighted by atomic mass is 10.0. The van der Waals surface area contributed by atoms with Crippen molar-refractivity contribution >= 4 is 39.0 Å². The van der Waals surface area contributed by atoms with Crippen LogP contribution in [0.1, 0.15) is 37.7 Å². The second kappa shape index (κ2) is 10.3. The molecule has 2 aromatic carbocycles. The van der Waals surface area contributed by atoms with E-state index >= 15 is 0 Å². The van der Waals surface area contributed by atoms with Crippen molar-refractivity contribution in [3.8, 4) is 5.75 Å². The van der Waals surface area contributed by atoms with Gasteiger partial charge in [0.1, 0.15) is 11.6 Å². The number of amides is 2. The summed E-state index contributed by atoms with van der Waals surface area (Å²) in [5.41, 5.74) is 2.26. The first-order valence-corrected chi connectivity index (χ1v) is 12.7. The Morgan fingerprint density at radius 2 is 2.03 bits per heavy atom. The predicted octanol–water partition coefficient (Wildman–Crippen LogP) is 3.18. The summed E-state index contributed by atoms with van der Waals surface area (Å²) in [6, 6.07) is 11.7. The summed E-state index contributed by atoms with van der Waals surface area (Å²) < 4.78 is 35.0. The standard InChI is InChI=1S/C24H28N4O5S/c1-28-13-3-7-22(28)27-34(31,32)20-6-2-5-18(16-20)25-23(29)8-4-14-33-19-10-11-21-17(15-19)9-12-24(30)26-21/h2,5-6,10-11,15-16H,3-4,7-9,12-14H2,1H3,(H,25,29)(H,26,30)/b27-22+. The van der Waals surface area contributed by atoms with Gasteiger partial charge in [0.15, 0.2) is 0 Å². The summed E-state index contributed by atoms with van der Waals surface area (Å²) in [7, 11) is -2.02. The average molecular weight is 485 g/mol. The van der Waals surface area contributed by atoms with E-state index < -0.39 is 10.0 Å². The molecule has 34 heavy (non-hydrogen) atoms. The number of likely N-dealkylation sites (tertiary alicyclic amines) is 1. The van der Waals surface area contributed by atoms with Crippen LogP contribution in [0.25, 0.3) is 0 Å². The zero-order chi connectivity index (χ0) is 24.1. The highest BCUT2D eigenvalue weighted by Gasteiger charge is 2.21. The molecule has 0 saturated carbocycles. The van der Waals surface area contributed by atoms with Gasteiger partial charge in [0.05, 0.1) is 11.5 Å². The van der Waals surface area contributed by atoms with E-state index in [2.05, 4.69) is 15.0 Å². The molecule has 0 bridgehead atoms. The molecule has 0 radical (unpaired) electrons. The number of aryl methyl sites for hydroxylation is 1. The molecule has 2 aromatic rings. The van der Waals surface area contributed by atoms with Gasteiger partial charge < -0.3 is 20.3 Å². The molecule has 9 nitrogen and oxygen atoms in total. The third-order valence-corrected chi connectivity index (χ3v) is 7.07. The number of nitrogens with zero attached hydrogens (tertiary/aromatic N) is 2. The van der Waals surface area contributed by atoms with Crippen LogP contribution in [0.3, 0.4) is 0 Å². The smallest absolute Gasteiger partial charge is 0.284 e. The number of hydrogen-bond acceptors (Lipinski definition) is 5. The van der Waals surface area contributed by atoms with Crippen molar-refractivity contribution in [3.05, 3.63) is 48.0 Å². The highest BCUT2D eigenvalue weighted by molar-refractivity contribution is 7.90. The lowest BCUT2D eigenvalue weighted by Crippen LogP contribution is -2.20. The van der Waals surface area contributed by atoms with Crippen molar-refractivity contribution in [2.75, 3.05) is 30.8 Å². The average Bonchev–Trinajstić information content (AvgIpc) is 3.20. The first-order chi connectivity index (χ1) is 16.3. The summed E-state index contributed by atoms with van der Waals surface area (Å²) >= 11 is 0. The molecule has 0 unspecified atom stereocenters. The van der Waals surface area contributed by atoms with Crippen LogP contribution < -0.4 is 15.4 Å². The van der Waals surface area contributed by atoms with Crippen LogP contribution >= 0.6 is 0 Å². The van der Waals surface area contributed by atoms with E-state index in [0.29, 0.717) is 49.6 Å². The number of rotatable bonds is 8. The maximum Gasteiger partial charge on any atom is 0.284 e. The lowest BCUT2D eigenvalue weighted by molar-refractivity contribution is -0.117. The van der Waals surface area contributed by atoms with Gasteiger partial charge >= 0.3 is 0 Å². The van der Waals surface area contributed by atoms with E-state index in [9.17, 15) is 18.0 Å². The number of fused-ring (bicyclic) bond motifs is 1. The predicted molar refractivity (Wildman–Crippen MR) is 130 cm³/mol. The molecular formula is C24H28N4O5S. The number of hydrogen-bond donors (Lipinski definition) is 2. The van der Waals surface area contributed by atoms with Crippen molar-refractivity contribution < 1.29 is 22.7 Å². The minimum Gasteiger partial charge on any atom is -0.494 e. The molecule has 0 aliphatic carbocycles. The fourth-order valence-electron chi connectivity index (χ4n) is 3.93. The van der Waals surface area contributed by atoms with Gasteiger partial charge in [-0.2, -0.15) is 8.42 Å². The molecule has 2 aliphatic rings. The fraction of sp³-hybridized carbons (Fsp3) is 0.375. The second-order valence-corrected chi connectivity index (χ2v) is 10.0. The van der Waals surface area contributed by atoms with E-state index in [4.69, 9.17) is 4.74 Å². The largest absolute Gasteiger partial charge is 0.494 e. The highest BCUT2D eigenvalue weighted by Crippen LogP contribution is 2.27. The van der Waals surface area contributed by atoms with Gasteiger partial charge in [-0.05, 0) is 61.2 Å². The van der Waals surface area contributed by atoms with Crippen molar-refractivity contribution in [3.63, 3.8) is 0 Å². The van der Waals surface area contributed by atoms with Crippen molar-refractivity contribution in [1.29, 1.82) is 0 Å². The maximum atomic E-state index is 12.7. The van der Waals surface area contributed by atoms with Gasteiger partial charge in [0, 0.05) is 44.2 Å². The van der Waals surface area contributed by atoms with Crippen LogP contribution in [0.15, 0.2) is 51.8 Å².